The van der Waals surface area contributed by atoms with E-state index in [1.54, 1.807) is 18.3 Å². The van der Waals surface area contributed by atoms with Crippen molar-refractivity contribution in [3.63, 3.8) is 0 Å². The van der Waals surface area contributed by atoms with E-state index in [-0.39, 0.29) is 16.8 Å². The molecule has 1 aromatic carbocycles. The van der Waals surface area contributed by atoms with Crippen LogP contribution in [-0.2, 0) is 4.79 Å². The number of fused-ring (bicyclic) bond motifs is 1. The van der Waals surface area contributed by atoms with Gasteiger partial charge in [0.05, 0.1) is 16.6 Å². The number of aromatic nitrogens is 2. The summed E-state index contributed by atoms with van der Waals surface area (Å²) in [6.45, 7) is 3.15. The second-order valence-electron chi connectivity index (χ2n) is 8.36. The average molecular weight is 454 g/mol. The molecule has 1 amide bonds. The molecule has 5 rings (SSSR count). The Balaban J connectivity index is 1.34. The fourth-order valence-corrected chi connectivity index (χ4v) is 4.65. The Morgan fingerprint density at radius 1 is 1.28 bits per heavy atom. The van der Waals surface area contributed by atoms with Gasteiger partial charge < -0.3 is 20.5 Å². The van der Waals surface area contributed by atoms with Crippen molar-refractivity contribution >= 4 is 45.5 Å². The van der Waals surface area contributed by atoms with Crippen LogP contribution in [0.4, 0.5) is 15.8 Å². The minimum Gasteiger partial charge on any atom is -0.355 e. The summed E-state index contributed by atoms with van der Waals surface area (Å²) >= 11 is 5.92. The Hall–Kier alpha value is -2.90. The quantitative estimate of drug-likeness (QED) is 0.534. The number of H-pyrrole nitrogens is 1. The van der Waals surface area contributed by atoms with Crippen LogP contribution in [0.15, 0.2) is 42.6 Å². The van der Waals surface area contributed by atoms with Crippen LogP contribution in [0.25, 0.3) is 16.6 Å². The summed E-state index contributed by atoms with van der Waals surface area (Å²) in [6.07, 6.45) is 6.70. The zero-order valence-corrected chi connectivity index (χ0v) is 18.4. The van der Waals surface area contributed by atoms with Crippen LogP contribution in [0.5, 0.6) is 0 Å². The van der Waals surface area contributed by atoms with E-state index in [1.807, 2.05) is 11.0 Å². The highest BCUT2D eigenvalue weighted by Gasteiger charge is 2.27. The first-order chi connectivity index (χ1) is 15.6. The van der Waals surface area contributed by atoms with Gasteiger partial charge in [0.2, 0.25) is 5.91 Å². The van der Waals surface area contributed by atoms with Crippen LogP contribution >= 0.6 is 11.6 Å². The topological polar surface area (TPSA) is 73.1 Å². The number of piperidine rings is 1. The molecule has 0 radical (unpaired) electrons. The highest BCUT2D eigenvalue weighted by molar-refractivity contribution is 6.31. The number of nitrogens with zero attached hydrogens (tertiary/aromatic N) is 2. The van der Waals surface area contributed by atoms with E-state index >= 15 is 0 Å². The molecule has 0 bridgehead atoms. The van der Waals surface area contributed by atoms with Crippen LogP contribution in [-0.4, -0.2) is 47.0 Å². The van der Waals surface area contributed by atoms with Gasteiger partial charge in [0, 0.05) is 42.6 Å². The van der Waals surface area contributed by atoms with Crippen LogP contribution in [0, 0.1) is 11.7 Å². The van der Waals surface area contributed by atoms with E-state index in [1.165, 1.54) is 11.6 Å². The lowest BCUT2D eigenvalue weighted by Crippen LogP contribution is -2.44. The van der Waals surface area contributed by atoms with Crippen LogP contribution in [0.3, 0.4) is 0 Å². The molecule has 3 N–H and O–H groups in total. The molecular formula is C24H25ClFN5O. The number of hydrogen-bond donors (Lipinski definition) is 3. The molecule has 0 saturated carbocycles. The average Bonchev–Trinajstić information content (AvgIpc) is 3.27. The van der Waals surface area contributed by atoms with Gasteiger partial charge in [-0.05, 0) is 61.7 Å². The van der Waals surface area contributed by atoms with Crippen molar-refractivity contribution in [2.75, 3.05) is 31.5 Å². The van der Waals surface area contributed by atoms with Gasteiger partial charge in [0.1, 0.15) is 11.5 Å². The zero-order valence-electron chi connectivity index (χ0n) is 17.6. The van der Waals surface area contributed by atoms with Crippen molar-refractivity contribution < 1.29 is 9.18 Å². The van der Waals surface area contributed by atoms with Crippen molar-refractivity contribution in [2.24, 2.45) is 5.92 Å². The molecule has 1 atom stereocenters. The van der Waals surface area contributed by atoms with Gasteiger partial charge in [-0.1, -0.05) is 17.7 Å². The van der Waals surface area contributed by atoms with Gasteiger partial charge in [-0.2, -0.15) is 0 Å². The van der Waals surface area contributed by atoms with E-state index in [9.17, 15) is 9.18 Å². The molecule has 0 spiro atoms. The van der Waals surface area contributed by atoms with Crippen LogP contribution < -0.4 is 10.6 Å². The predicted octanol–water partition coefficient (Wildman–Crippen LogP) is 4.71. The molecule has 3 aromatic rings. The molecule has 166 valence electrons. The van der Waals surface area contributed by atoms with Crippen molar-refractivity contribution in [1.82, 2.24) is 20.2 Å². The van der Waals surface area contributed by atoms with Crippen LogP contribution in [0.1, 0.15) is 25.0 Å². The third kappa shape index (κ3) is 4.23. The Bertz CT molecular complexity index is 1180. The highest BCUT2D eigenvalue weighted by Crippen LogP contribution is 2.31. The second kappa shape index (κ2) is 8.92. The minimum absolute atomic E-state index is 0.0746. The number of carbonyl (C=O) groups is 1. The van der Waals surface area contributed by atoms with E-state index < -0.39 is 5.82 Å². The first-order valence-corrected chi connectivity index (χ1v) is 11.3. The maximum atomic E-state index is 13.5. The maximum Gasteiger partial charge on any atom is 0.227 e. The van der Waals surface area contributed by atoms with Gasteiger partial charge in [-0.25, -0.2) is 9.37 Å². The fraction of sp³-hybridized carbons (Fsp3) is 0.333. The molecule has 2 aromatic heterocycles. The number of rotatable bonds is 4. The van der Waals surface area contributed by atoms with Crippen molar-refractivity contribution in [3.05, 3.63) is 59.1 Å². The zero-order chi connectivity index (χ0) is 22.1. The number of amides is 1. The second-order valence-corrected chi connectivity index (χ2v) is 8.77. The summed E-state index contributed by atoms with van der Waals surface area (Å²) < 4.78 is 13.5. The van der Waals surface area contributed by atoms with E-state index in [2.05, 4.69) is 32.7 Å². The third-order valence-electron chi connectivity index (χ3n) is 6.24. The standard InChI is InChI=1S/C24H25ClFN5O/c25-19-12-17(3-4-20(19)26)29-21-5-9-28-23-18(21)13-22(30-23)15-6-10-31(11-7-15)24(32)16-2-1-8-27-14-16/h3-6,9,12-13,16,27H,1-2,7-8,10-11,14H2,(H2,28,29,30)/t16-/m0/s1. The molecule has 0 aliphatic carbocycles. The molecular weight excluding hydrogens is 429 g/mol. The monoisotopic (exact) mass is 453 g/mol. The summed E-state index contributed by atoms with van der Waals surface area (Å²) in [4.78, 5) is 22.6. The fourth-order valence-electron chi connectivity index (χ4n) is 4.47. The number of anilines is 2. The Morgan fingerprint density at radius 2 is 2.19 bits per heavy atom. The predicted molar refractivity (Wildman–Crippen MR) is 126 cm³/mol. The maximum absolute atomic E-state index is 13.5. The first-order valence-electron chi connectivity index (χ1n) is 11.0. The third-order valence-corrected chi connectivity index (χ3v) is 6.53. The highest BCUT2D eigenvalue weighted by atomic mass is 35.5. The van der Waals surface area contributed by atoms with Gasteiger partial charge in [-0.3, -0.25) is 4.79 Å². The summed E-state index contributed by atoms with van der Waals surface area (Å²) in [7, 11) is 0. The van der Waals surface area contributed by atoms with E-state index in [4.69, 9.17) is 11.6 Å². The number of nitrogens with one attached hydrogen (secondary N) is 3. The molecule has 2 aliphatic rings. The van der Waals surface area contributed by atoms with Gasteiger partial charge in [0.25, 0.3) is 0 Å². The molecule has 6 nitrogen and oxygen atoms in total. The number of pyridine rings is 1. The number of benzene rings is 1. The van der Waals surface area contributed by atoms with Crippen molar-refractivity contribution in [2.45, 2.75) is 19.3 Å². The summed E-state index contributed by atoms with van der Waals surface area (Å²) in [5, 5.41) is 7.64. The summed E-state index contributed by atoms with van der Waals surface area (Å²) in [5.74, 6) is -0.0858. The Kier molecular flexibility index (Phi) is 5.85. The van der Waals surface area contributed by atoms with Crippen LogP contribution in [0.2, 0.25) is 5.02 Å². The van der Waals surface area contributed by atoms with Crippen molar-refractivity contribution in [1.29, 1.82) is 0 Å². The molecule has 4 heterocycles. The largest absolute Gasteiger partial charge is 0.355 e. The number of hydrogen-bond acceptors (Lipinski definition) is 4. The number of aromatic amines is 1. The number of carbonyl (C=O) groups excluding carboxylic acids is 1. The van der Waals surface area contributed by atoms with Crippen molar-refractivity contribution in [3.8, 4) is 0 Å². The molecule has 32 heavy (non-hydrogen) atoms. The molecule has 8 heteroatoms. The van der Waals surface area contributed by atoms with Gasteiger partial charge >= 0.3 is 0 Å². The van der Waals surface area contributed by atoms with E-state index in [0.717, 1.165) is 61.3 Å². The summed E-state index contributed by atoms with van der Waals surface area (Å²) in [5.41, 5.74) is 4.52. The Labute approximate surface area is 190 Å². The first kappa shape index (κ1) is 21.0. The molecule has 2 aliphatic heterocycles. The van der Waals surface area contributed by atoms with Gasteiger partial charge in [0.15, 0.2) is 0 Å². The Morgan fingerprint density at radius 3 is 2.94 bits per heavy atom. The lowest BCUT2D eigenvalue weighted by atomic mass is 9.96. The molecule has 1 saturated heterocycles. The minimum atomic E-state index is -0.447. The lowest BCUT2D eigenvalue weighted by molar-refractivity contribution is -0.135. The van der Waals surface area contributed by atoms with E-state index in [0.29, 0.717) is 12.2 Å². The normalized spacial score (nSPS) is 19.1. The number of halogens is 2. The summed E-state index contributed by atoms with van der Waals surface area (Å²) in [6, 6.07) is 8.51. The smallest absolute Gasteiger partial charge is 0.227 e. The molecule has 1 fully saturated rings. The van der Waals surface area contributed by atoms with Gasteiger partial charge in [-0.15, -0.1) is 0 Å². The molecule has 0 unspecified atom stereocenters. The SMILES string of the molecule is O=C([C@H]1CCCNC1)N1CC=C(c2cc3c(Nc4ccc(F)c(Cl)c4)ccnc3[nH]2)CC1. The lowest BCUT2D eigenvalue weighted by Gasteiger charge is -2.31.